The minimum atomic E-state index is -3.89. The zero-order chi connectivity index (χ0) is 21.3. The highest BCUT2D eigenvalue weighted by Crippen LogP contribution is 2.21. The normalized spacial score (nSPS) is 12.6. The number of nitrogens with zero attached hydrogens (tertiary/aromatic N) is 3. The van der Waals surface area contributed by atoms with Crippen LogP contribution in [0.5, 0.6) is 0 Å². The Morgan fingerprint density at radius 3 is 2.72 bits per heavy atom. The Kier molecular flexibility index (Phi) is 8.58. The van der Waals surface area contributed by atoms with Gasteiger partial charge < -0.3 is 5.43 Å². The predicted molar refractivity (Wildman–Crippen MR) is 117 cm³/mol. The summed E-state index contributed by atoms with van der Waals surface area (Å²) >= 11 is 3.00. The molecule has 1 aromatic carbocycles. The van der Waals surface area contributed by atoms with Crippen molar-refractivity contribution in [2.24, 2.45) is 15.8 Å². The Morgan fingerprint density at radius 2 is 2.00 bits per heavy atom. The lowest BCUT2D eigenvalue weighted by molar-refractivity contribution is 0.592. The van der Waals surface area contributed by atoms with Crippen LogP contribution in [0, 0.1) is 0 Å². The molecule has 1 aromatic heterocycles. The Balaban J connectivity index is 1.78. The highest BCUT2D eigenvalue weighted by atomic mass is 32.2. The molecule has 0 atom stereocenters. The van der Waals surface area contributed by atoms with Crippen LogP contribution in [0.1, 0.15) is 5.69 Å². The number of hydrogen-bond donors (Lipinski definition) is 3. The molecule has 1 heterocycles. The molecule has 0 amide bonds. The second kappa shape index (κ2) is 10.7. The summed E-state index contributed by atoms with van der Waals surface area (Å²) in [7, 11) is -7.39. The Labute approximate surface area is 177 Å². The summed E-state index contributed by atoms with van der Waals surface area (Å²) in [5.41, 5.74) is 3.19. The SMILES string of the molecule is CS(=O)(=O)c1cccc(S(=O)(=O)NC=NCCSCc2csc(/N=C/NN)n2)c1. The molecule has 0 aliphatic heterocycles. The van der Waals surface area contributed by atoms with Crippen LogP contribution in [0.2, 0.25) is 0 Å². The summed E-state index contributed by atoms with van der Waals surface area (Å²) < 4.78 is 49.8. The van der Waals surface area contributed by atoms with Gasteiger partial charge in [0.2, 0.25) is 5.13 Å². The number of sulfone groups is 1. The van der Waals surface area contributed by atoms with Crippen molar-refractivity contribution in [3.63, 3.8) is 0 Å². The van der Waals surface area contributed by atoms with E-state index < -0.39 is 19.9 Å². The highest BCUT2D eigenvalue weighted by molar-refractivity contribution is 7.98. The molecular formula is C15H20N6O4S4. The van der Waals surface area contributed by atoms with E-state index in [9.17, 15) is 16.8 Å². The second-order valence-electron chi connectivity index (χ2n) is 5.50. The van der Waals surface area contributed by atoms with Crippen LogP contribution in [0.4, 0.5) is 5.13 Å². The number of benzene rings is 1. The van der Waals surface area contributed by atoms with Gasteiger partial charge in [-0.3, -0.25) is 9.71 Å². The van der Waals surface area contributed by atoms with E-state index in [4.69, 9.17) is 5.84 Å². The lowest BCUT2D eigenvalue weighted by Crippen LogP contribution is -2.22. The van der Waals surface area contributed by atoms with Crippen LogP contribution < -0.4 is 16.0 Å². The monoisotopic (exact) mass is 476 g/mol. The molecule has 4 N–H and O–H groups in total. The number of aliphatic imine (C=N–C) groups is 2. The zero-order valence-electron chi connectivity index (χ0n) is 15.3. The van der Waals surface area contributed by atoms with Crippen molar-refractivity contribution in [2.45, 2.75) is 15.5 Å². The molecule has 0 bridgehead atoms. The maximum absolute atomic E-state index is 12.2. The van der Waals surface area contributed by atoms with E-state index >= 15 is 0 Å². The van der Waals surface area contributed by atoms with Gasteiger partial charge in [-0.2, -0.15) is 11.8 Å². The molecule has 29 heavy (non-hydrogen) atoms. The molecule has 0 saturated carbocycles. The summed E-state index contributed by atoms with van der Waals surface area (Å²) in [5, 5.41) is 2.50. The Morgan fingerprint density at radius 1 is 1.24 bits per heavy atom. The van der Waals surface area contributed by atoms with Gasteiger partial charge in [-0.05, 0) is 18.2 Å². The van der Waals surface area contributed by atoms with E-state index in [0.717, 1.165) is 24.4 Å². The van der Waals surface area contributed by atoms with E-state index in [1.54, 1.807) is 11.8 Å². The van der Waals surface area contributed by atoms with Crippen molar-refractivity contribution in [1.82, 2.24) is 15.1 Å². The topological polar surface area (TPSA) is 156 Å². The zero-order valence-corrected chi connectivity index (χ0v) is 18.6. The molecule has 0 spiro atoms. The van der Waals surface area contributed by atoms with Crippen molar-refractivity contribution < 1.29 is 16.8 Å². The molecule has 0 saturated heterocycles. The van der Waals surface area contributed by atoms with Crippen LogP contribution in [-0.2, 0) is 25.6 Å². The van der Waals surface area contributed by atoms with Crippen LogP contribution in [0.3, 0.4) is 0 Å². The number of thiazole rings is 1. The first-order chi connectivity index (χ1) is 13.7. The fourth-order valence-electron chi connectivity index (χ4n) is 1.92. The minimum Gasteiger partial charge on any atom is -0.315 e. The van der Waals surface area contributed by atoms with E-state index in [0.29, 0.717) is 23.2 Å². The average Bonchev–Trinajstić information content (AvgIpc) is 3.12. The van der Waals surface area contributed by atoms with E-state index in [1.807, 2.05) is 5.38 Å². The summed E-state index contributed by atoms with van der Waals surface area (Å²) in [5.74, 6) is 6.45. The number of hydrogen-bond acceptors (Lipinski definition) is 10. The lowest BCUT2D eigenvalue weighted by Gasteiger charge is -2.05. The fraction of sp³-hybridized carbons (Fsp3) is 0.267. The quantitative estimate of drug-likeness (QED) is 0.142. The molecule has 10 nitrogen and oxygen atoms in total. The average molecular weight is 477 g/mol. The smallest absolute Gasteiger partial charge is 0.262 e. The van der Waals surface area contributed by atoms with Crippen molar-refractivity contribution in [3.8, 4) is 0 Å². The van der Waals surface area contributed by atoms with Gasteiger partial charge >= 0.3 is 0 Å². The van der Waals surface area contributed by atoms with Gasteiger partial charge in [0.15, 0.2) is 9.84 Å². The maximum Gasteiger partial charge on any atom is 0.262 e. The molecule has 0 radical (unpaired) electrons. The first-order valence-electron chi connectivity index (χ1n) is 8.04. The molecule has 0 aliphatic carbocycles. The number of aromatic nitrogens is 1. The number of hydrazine groups is 1. The van der Waals surface area contributed by atoms with E-state index in [1.165, 1.54) is 35.9 Å². The van der Waals surface area contributed by atoms with Crippen LogP contribution in [0.25, 0.3) is 0 Å². The Bertz CT molecular complexity index is 1080. The van der Waals surface area contributed by atoms with Gasteiger partial charge in [-0.25, -0.2) is 32.7 Å². The molecule has 2 rings (SSSR count). The third-order valence-corrected chi connectivity index (χ3v) is 7.42. The molecule has 0 aliphatic rings. The maximum atomic E-state index is 12.2. The molecule has 0 fully saturated rings. The number of sulfonamides is 1. The first kappa shape index (κ1) is 23.3. The number of nitrogens with two attached hydrogens (primary N) is 1. The summed E-state index contributed by atoms with van der Waals surface area (Å²) in [6.45, 7) is 0.406. The van der Waals surface area contributed by atoms with Crippen molar-refractivity contribution in [1.29, 1.82) is 0 Å². The largest absolute Gasteiger partial charge is 0.315 e. The summed E-state index contributed by atoms with van der Waals surface area (Å²) in [4.78, 5) is 12.1. The molecular weight excluding hydrogens is 456 g/mol. The minimum absolute atomic E-state index is 0.0658. The van der Waals surface area contributed by atoms with Crippen LogP contribution in [0.15, 0.2) is 49.4 Å². The van der Waals surface area contributed by atoms with Crippen molar-refractivity contribution >= 4 is 60.8 Å². The highest BCUT2D eigenvalue weighted by Gasteiger charge is 2.15. The van der Waals surface area contributed by atoms with Gasteiger partial charge in [0, 0.05) is 29.7 Å². The fourth-order valence-corrected chi connectivity index (χ4v) is 5.05. The number of thioether (sulfide) groups is 1. The molecule has 2 aromatic rings. The van der Waals surface area contributed by atoms with Gasteiger partial charge in [0.05, 0.1) is 21.8 Å². The summed E-state index contributed by atoms with van der Waals surface area (Å²) in [6.07, 6.45) is 3.46. The molecule has 0 unspecified atom stereocenters. The third kappa shape index (κ3) is 7.74. The standard InChI is InChI=1S/C15H20N6O4S4/c1-28(22,23)13-3-2-4-14(7-13)29(24,25)20-10-17-5-6-26-8-12-9-27-15(21-12)18-11-19-16/h2-4,7,9-11H,5-6,8,16H2,1H3,(H,17,20)(H,18,19,21). The number of nitrogens with one attached hydrogen (secondary N) is 2. The lowest BCUT2D eigenvalue weighted by atomic mass is 10.4. The van der Waals surface area contributed by atoms with E-state index in [-0.39, 0.29) is 9.79 Å². The van der Waals surface area contributed by atoms with Crippen molar-refractivity contribution in [2.75, 3.05) is 18.6 Å². The molecule has 14 heteroatoms. The Hall–Kier alpha value is -2.00. The van der Waals surface area contributed by atoms with Gasteiger partial charge in [0.1, 0.15) is 6.34 Å². The van der Waals surface area contributed by atoms with Gasteiger partial charge in [0.25, 0.3) is 10.0 Å². The predicted octanol–water partition coefficient (Wildman–Crippen LogP) is 0.910. The van der Waals surface area contributed by atoms with Crippen LogP contribution in [-0.4, -0.2) is 53.1 Å². The van der Waals surface area contributed by atoms with Crippen LogP contribution >= 0.6 is 23.1 Å². The second-order valence-corrected chi connectivity index (χ2v) is 11.2. The number of rotatable bonds is 11. The van der Waals surface area contributed by atoms with E-state index in [2.05, 4.69) is 25.1 Å². The first-order valence-corrected chi connectivity index (χ1v) is 13.4. The van der Waals surface area contributed by atoms with Gasteiger partial charge in [-0.1, -0.05) is 6.07 Å². The van der Waals surface area contributed by atoms with Gasteiger partial charge in [-0.15, -0.1) is 11.3 Å². The third-order valence-electron chi connectivity index (χ3n) is 3.25. The van der Waals surface area contributed by atoms with Crippen molar-refractivity contribution in [3.05, 3.63) is 35.3 Å². The molecule has 158 valence electrons. The summed E-state index contributed by atoms with van der Waals surface area (Å²) in [6, 6.07) is 5.14.